The quantitative estimate of drug-likeness (QED) is 0.536. The number of hydrogen-bond acceptors (Lipinski definition) is 3. The van der Waals surface area contributed by atoms with E-state index in [1.807, 2.05) is 36.4 Å². The molecule has 1 N–H and O–H groups in total. The summed E-state index contributed by atoms with van der Waals surface area (Å²) in [5.74, 6) is 1.41. The summed E-state index contributed by atoms with van der Waals surface area (Å²) >= 11 is 0. The molecule has 0 aliphatic carbocycles. The van der Waals surface area contributed by atoms with Crippen molar-refractivity contribution in [3.8, 4) is 22.6 Å². The number of hydrogen-bond donors (Lipinski definition) is 1. The molecule has 0 fully saturated rings. The molecule has 2 rings (SSSR count). The Morgan fingerprint density at radius 3 is 2.12 bits per heavy atom. The van der Waals surface area contributed by atoms with E-state index in [0.29, 0.717) is 11.5 Å². The summed E-state index contributed by atoms with van der Waals surface area (Å²) in [5, 5.41) is 10.6. The molecule has 0 aromatic heterocycles. The van der Waals surface area contributed by atoms with Gasteiger partial charge in [-0.1, -0.05) is 45.9 Å². The van der Waals surface area contributed by atoms with E-state index in [0.717, 1.165) is 22.3 Å². The van der Waals surface area contributed by atoms with Gasteiger partial charge in [0.25, 0.3) is 0 Å². The van der Waals surface area contributed by atoms with Gasteiger partial charge in [0.15, 0.2) is 5.78 Å². The number of para-hydroxylation sites is 1. The first-order chi connectivity index (χ1) is 11.8. The molecule has 0 aliphatic heterocycles. The molecular formula is C22H26O3. The van der Waals surface area contributed by atoms with Crippen molar-refractivity contribution in [2.75, 3.05) is 0 Å². The molecule has 25 heavy (non-hydrogen) atoms. The predicted octanol–water partition coefficient (Wildman–Crippen LogP) is 5.79. The fourth-order valence-electron chi connectivity index (χ4n) is 2.73. The van der Waals surface area contributed by atoms with Crippen molar-refractivity contribution in [1.82, 2.24) is 0 Å². The van der Waals surface area contributed by atoms with Gasteiger partial charge in [-0.25, -0.2) is 0 Å². The lowest BCUT2D eigenvalue weighted by atomic mass is 9.89. The lowest BCUT2D eigenvalue weighted by molar-refractivity contribution is -0.112. The first-order valence-electron chi connectivity index (χ1n) is 8.61. The van der Waals surface area contributed by atoms with Crippen molar-refractivity contribution >= 4 is 5.78 Å². The summed E-state index contributed by atoms with van der Waals surface area (Å²) < 4.78 is 5.67. The molecule has 0 atom stereocenters. The molecular weight excluding hydrogens is 312 g/mol. The standard InChI is InChI=1S/C22H26O3/c1-14(2)19-12-17(13-20(15(3)4)22(19)24)18-8-6-7-9-21(18)25-11-10-16(5)23/h6-15,24H,1-5H3/b11-10+. The van der Waals surface area contributed by atoms with E-state index in [9.17, 15) is 9.90 Å². The van der Waals surface area contributed by atoms with Crippen LogP contribution >= 0.6 is 0 Å². The molecule has 3 nitrogen and oxygen atoms in total. The van der Waals surface area contributed by atoms with Crippen molar-refractivity contribution < 1.29 is 14.6 Å². The highest BCUT2D eigenvalue weighted by Gasteiger charge is 2.17. The zero-order chi connectivity index (χ0) is 18.6. The minimum absolute atomic E-state index is 0.0636. The number of allylic oxidation sites excluding steroid dienone is 1. The Morgan fingerprint density at radius 1 is 1.04 bits per heavy atom. The molecule has 0 saturated heterocycles. The van der Waals surface area contributed by atoms with Gasteiger partial charge in [0.1, 0.15) is 11.5 Å². The van der Waals surface area contributed by atoms with Crippen LogP contribution in [-0.2, 0) is 4.79 Å². The highest BCUT2D eigenvalue weighted by atomic mass is 16.5. The van der Waals surface area contributed by atoms with E-state index in [4.69, 9.17) is 4.74 Å². The van der Waals surface area contributed by atoms with Crippen LogP contribution in [0.25, 0.3) is 11.1 Å². The molecule has 0 radical (unpaired) electrons. The highest BCUT2D eigenvalue weighted by molar-refractivity contribution is 5.87. The van der Waals surface area contributed by atoms with E-state index in [2.05, 4.69) is 27.7 Å². The van der Waals surface area contributed by atoms with Crippen LogP contribution in [0.5, 0.6) is 11.5 Å². The van der Waals surface area contributed by atoms with Gasteiger partial charge in [0, 0.05) is 11.6 Å². The van der Waals surface area contributed by atoms with Crippen LogP contribution in [0.1, 0.15) is 57.6 Å². The van der Waals surface area contributed by atoms with Crippen LogP contribution in [0.15, 0.2) is 48.7 Å². The SMILES string of the molecule is CC(=O)/C=C/Oc1ccccc1-c1cc(C(C)C)c(O)c(C(C)C)c1. The molecule has 0 amide bonds. The Balaban J connectivity index is 2.57. The Kier molecular flexibility index (Phi) is 6.02. The molecule has 0 saturated carbocycles. The third kappa shape index (κ3) is 4.50. The average Bonchev–Trinajstić information content (AvgIpc) is 2.54. The molecule has 0 bridgehead atoms. The second-order valence-electron chi connectivity index (χ2n) is 6.84. The Hall–Kier alpha value is -2.55. The Labute approximate surface area is 150 Å². The summed E-state index contributed by atoms with van der Waals surface area (Å²) in [6.07, 6.45) is 2.81. The Bertz CT molecular complexity index is 757. The van der Waals surface area contributed by atoms with Crippen molar-refractivity contribution in [3.63, 3.8) is 0 Å². The second-order valence-corrected chi connectivity index (χ2v) is 6.84. The minimum atomic E-state index is -0.0636. The third-order valence-electron chi connectivity index (χ3n) is 4.11. The van der Waals surface area contributed by atoms with Crippen molar-refractivity contribution in [2.24, 2.45) is 0 Å². The number of ketones is 1. The maximum absolute atomic E-state index is 11.1. The van der Waals surface area contributed by atoms with Crippen molar-refractivity contribution in [2.45, 2.75) is 46.5 Å². The maximum Gasteiger partial charge on any atom is 0.155 e. The lowest BCUT2D eigenvalue weighted by Crippen LogP contribution is -1.98. The van der Waals surface area contributed by atoms with Crippen LogP contribution in [-0.4, -0.2) is 10.9 Å². The van der Waals surface area contributed by atoms with Crippen LogP contribution in [0, 0.1) is 0 Å². The van der Waals surface area contributed by atoms with E-state index in [1.54, 1.807) is 0 Å². The van der Waals surface area contributed by atoms with Gasteiger partial charge in [-0.15, -0.1) is 0 Å². The number of rotatable bonds is 6. The molecule has 0 unspecified atom stereocenters. The molecule has 2 aromatic rings. The molecule has 2 aromatic carbocycles. The normalized spacial score (nSPS) is 11.5. The first kappa shape index (κ1) is 18.8. The average molecular weight is 338 g/mol. The van der Waals surface area contributed by atoms with Crippen LogP contribution in [0.3, 0.4) is 0 Å². The van der Waals surface area contributed by atoms with E-state index >= 15 is 0 Å². The van der Waals surface area contributed by atoms with Crippen LogP contribution < -0.4 is 4.74 Å². The van der Waals surface area contributed by atoms with Crippen molar-refractivity contribution in [3.05, 3.63) is 59.9 Å². The van der Waals surface area contributed by atoms with Crippen LogP contribution in [0.2, 0.25) is 0 Å². The smallest absolute Gasteiger partial charge is 0.155 e. The molecule has 3 heteroatoms. The summed E-state index contributed by atoms with van der Waals surface area (Å²) in [6, 6.07) is 11.7. The highest BCUT2D eigenvalue weighted by Crippen LogP contribution is 2.40. The van der Waals surface area contributed by atoms with E-state index in [1.165, 1.54) is 19.3 Å². The zero-order valence-corrected chi connectivity index (χ0v) is 15.5. The van der Waals surface area contributed by atoms with E-state index in [-0.39, 0.29) is 17.6 Å². The second kappa shape index (κ2) is 8.02. The number of phenolic OH excluding ortho intramolecular Hbond substituents is 1. The van der Waals surface area contributed by atoms with Gasteiger partial charge < -0.3 is 9.84 Å². The van der Waals surface area contributed by atoms with Gasteiger partial charge in [0.2, 0.25) is 0 Å². The predicted molar refractivity (Wildman–Crippen MR) is 102 cm³/mol. The van der Waals surface area contributed by atoms with Gasteiger partial charge in [-0.2, -0.15) is 0 Å². The number of aromatic hydroxyl groups is 1. The number of phenols is 1. The zero-order valence-electron chi connectivity index (χ0n) is 15.5. The summed E-state index contributed by atoms with van der Waals surface area (Å²) in [7, 11) is 0. The fourth-order valence-corrected chi connectivity index (χ4v) is 2.73. The van der Waals surface area contributed by atoms with Gasteiger partial charge in [-0.05, 0) is 53.6 Å². The molecule has 132 valence electrons. The first-order valence-corrected chi connectivity index (χ1v) is 8.61. The topological polar surface area (TPSA) is 46.5 Å². The number of benzene rings is 2. The summed E-state index contributed by atoms with van der Waals surface area (Å²) in [5.41, 5.74) is 3.78. The van der Waals surface area contributed by atoms with Crippen molar-refractivity contribution in [1.29, 1.82) is 0 Å². The lowest BCUT2D eigenvalue weighted by Gasteiger charge is -2.18. The fraction of sp³-hybridized carbons (Fsp3) is 0.318. The number of ether oxygens (including phenoxy) is 1. The van der Waals surface area contributed by atoms with E-state index < -0.39 is 0 Å². The Morgan fingerprint density at radius 2 is 1.60 bits per heavy atom. The van der Waals surface area contributed by atoms with Gasteiger partial charge in [-0.3, -0.25) is 4.79 Å². The summed E-state index contributed by atoms with van der Waals surface area (Å²) in [4.78, 5) is 11.1. The monoisotopic (exact) mass is 338 g/mol. The largest absolute Gasteiger partial charge is 0.507 e. The molecule has 0 aliphatic rings. The van der Waals surface area contributed by atoms with Gasteiger partial charge >= 0.3 is 0 Å². The maximum atomic E-state index is 11.1. The summed E-state index contributed by atoms with van der Waals surface area (Å²) in [6.45, 7) is 9.76. The minimum Gasteiger partial charge on any atom is -0.507 e. The number of carbonyl (C=O) groups excluding carboxylic acids is 1. The molecule has 0 heterocycles. The number of carbonyl (C=O) groups is 1. The van der Waals surface area contributed by atoms with Crippen LogP contribution in [0.4, 0.5) is 0 Å². The molecule has 0 spiro atoms. The third-order valence-corrected chi connectivity index (χ3v) is 4.11. The van der Waals surface area contributed by atoms with Gasteiger partial charge in [0.05, 0.1) is 6.26 Å².